The predicted molar refractivity (Wildman–Crippen MR) is 94.2 cm³/mol. The zero-order valence-corrected chi connectivity index (χ0v) is 13.5. The van der Waals surface area contributed by atoms with Crippen LogP contribution in [0, 0.1) is 0 Å². The van der Waals surface area contributed by atoms with E-state index in [1.165, 1.54) is 13.4 Å². The summed E-state index contributed by atoms with van der Waals surface area (Å²) < 4.78 is 9.71. The molecule has 2 N–H and O–H groups in total. The van der Waals surface area contributed by atoms with Crippen molar-refractivity contribution in [1.82, 2.24) is 0 Å². The molecule has 0 saturated carbocycles. The molecular weight excluding hydrogens is 320 g/mol. The second kappa shape index (κ2) is 7.35. The fourth-order valence-electron chi connectivity index (χ4n) is 2.21. The number of amides is 1. The van der Waals surface area contributed by atoms with E-state index in [1.807, 2.05) is 12.1 Å². The summed E-state index contributed by atoms with van der Waals surface area (Å²) in [5.74, 6) is -0.416. The minimum atomic E-state index is -0.372. The fourth-order valence-corrected chi connectivity index (χ4v) is 2.21. The van der Waals surface area contributed by atoms with E-state index in [2.05, 4.69) is 15.4 Å². The van der Waals surface area contributed by atoms with E-state index < -0.39 is 0 Å². The Labute approximate surface area is 144 Å². The van der Waals surface area contributed by atoms with Crippen LogP contribution in [-0.4, -0.2) is 19.0 Å². The summed E-state index contributed by atoms with van der Waals surface area (Å²) in [5.41, 5.74) is 2.83. The van der Waals surface area contributed by atoms with Crippen LogP contribution in [0.1, 0.15) is 20.9 Å². The van der Waals surface area contributed by atoms with Crippen LogP contribution in [0.2, 0.25) is 0 Å². The lowest BCUT2D eigenvalue weighted by Gasteiger charge is -2.09. The van der Waals surface area contributed by atoms with Crippen molar-refractivity contribution in [2.75, 3.05) is 17.7 Å². The molecule has 0 atom stereocenters. The van der Waals surface area contributed by atoms with Crippen LogP contribution in [0.3, 0.4) is 0 Å². The lowest BCUT2D eigenvalue weighted by Crippen LogP contribution is -2.10. The predicted octanol–water partition coefficient (Wildman–Crippen LogP) is 4.06. The minimum absolute atomic E-state index is 0.257. The molecule has 3 rings (SSSR count). The molecule has 2 aromatic carbocycles. The Kier molecular flexibility index (Phi) is 4.80. The van der Waals surface area contributed by atoms with Gasteiger partial charge in [-0.05, 0) is 60.7 Å². The van der Waals surface area contributed by atoms with Crippen molar-refractivity contribution in [3.63, 3.8) is 0 Å². The van der Waals surface area contributed by atoms with Gasteiger partial charge in [-0.1, -0.05) is 0 Å². The van der Waals surface area contributed by atoms with Crippen molar-refractivity contribution in [3.8, 4) is 0 Å². The molecule has 0 bridgehead atoms. The molecular formula is C19H16N2O4. The number of furan rings is 1. The Bertz CT molecular complexity index is 853. The molecule has 1 aromatic heterocycles. The van der Waals surface area contributed by atoms with E-state index in [0.717, 1.165) is 11.4 Å². The Morgan fingerprint density at radius 3 is 2.04 bits per heavy atom. The van der Waals surface area contributed by atoms with Gasteiger partial charge in [0.2, 0.25) is 0 Å². The maximum absolute atomic E-state index is 11.9. The van der Waals surface area contributed by atoms with Gasteiger partial charge in [-0.15, -0.1) is 0 Å². The number of methoxy groups -OCH3 is 1. The van der Waals surface area contributed by atoms with Crippen molar-refractivity contribution in [1.29, 1.82) is 0 Å². The van der Waals surface area contributed by atoms with Gasteiger partial charge in [0, 0.05) is 17.1 Å². The molecule has 0 aliphatic heterocycles. The highest BCUT2D eigenvalue weighted by atomic mass is 16.5. The fraction of sp³-hybridized carbons (Fsp3) is 0.0526. The number of esters is 1. The summed E-state index contributed by atoms with van der Waals surface area (Å²) in [6.45, 7) is 0. The van der Waals surface area contributed by atoms with Crippen molar-refractivity contribution in [2.24, 2.45) is 0 Å². The van der Waals surface area contributed by atoms with E-state index in [-0.39, 0.29) is 17.6 Å². The quantitative estimate of drug-likeness (QED) is 0.687. The van der Waals surface area contributed by atoms with Crippen LogP contribution < -0.4 is 10.6 Å². The van der Waals surface area contributed by atoms with Gasteiger partial charge in [-0.2, -0.15) is 0 Å². The zero-order chi connectivity index (χ0) is 17.6. The van der Waals surface area contributed by atoms with E-state index in [0.29, 0.717) is 11.3 Å². The summed E-state index contributed by atoms with van der Waals surface area (Å²) in [7, 11) is 1.35. The molecule has 0 radical (unpaired) electrons. The topological polar surface area (TPSA) is 80.6 Å². The van der Waals surface area contributed by atoms with E-state index >= 15 is 0 Å². The van der Waals surface area contributed by atoms with Gasteiger partial charge in [0.25, 0.3) is 5.91 Å². The van der Waals surface area contributed by atoms with Gasteiger partial charge in [-0.3, -0.25) is 4.79 Å². The first-order chi connectivity index (χ1) is 12.2. The summed E-state index contributed by atoms with van der Waals surface area (Å²) >= 11 is 0. The van der Waals surface area contributed by atoms with Gasteiger partial charge in [-0.25, -0.2) is 4.79 Å². The number of ether oxygens (including phenoxy) is 1. The van der Waals surface area contributed by atoms with Crippen LogP contribution in [0.15, 0.2) is 71.3 Å². The van der Waals surface area contributed by atoms with Gasteiger partial charge in [0.15, 0.2) is 5.76 Å². The van der Waals surface area contributed by atoms with Crippen LogP contribution in [-0.2, 0) is 4.74 Å². The molecule has 0 aliphatic carbocycles. The molecule has 1 amide bonds. The van der Waals surface area contributed by atoms with Gasteiger partial charge in [0.1, 0.15) is 0 Å². The van der Waals surface area contributed by atoms with Crippen molar-refractivity contribution >= 4 is 28.9 Å². The first kappa shape index (κ1) is 16.3. The minimum Gasteiger partial charge on any atom is -0.465 e. The normalized spacial score (nSPS) is 10.1. The van der Waals surface area contributed by atoms with E-state index in [1.54, 1.807) is 48.5 Å². The molecule has 25 heavy (non-hydrogen) atoms. The van der Waals surface area contributed by atoms with Gasteiger partial charge >= 0.3 is 5.97 Å². The third-order valence-corrected chi connectivity index (χ3v) is 3.48. The van der Waals surface area contributed by atoms with Crippen LogP contribution >= 0.6 is 0 Å². The molecule has 0 spiro atoms. The van der Waals surface area contributed by atoms with Crippen LogP contribution in [0.25, 0.3) is 0 Å². The molecule has 6 nitrogen and oxygen atoms in total. The van der Waals surface area contributed by atoms with Crippen LogP contribution in [0.4, 0.5) is 17.1 Å². The Balaban J connectivity index is 1.62. The number of hydrogen-bond acceptors (Lipinski definition) is 5. The molecule has 0 fully saturated rings. The summed E-state index contributed by atoms with van der Waals surface area (Å²) in [4.78, 5) is 23.3. The second-order valence-electron chi connectivity index (χ2n) is 5.20. The Morgan fingerprint density at radius 1 is 0.880 bits per heavy atom. The number of benzene rings is 2. The average Bonchev–Trinajstić information content (AvgIpc) is 3.18. The second-order valence-corrected chi connectivity index (χ2v) is 5.20. The summed E-state index contributed by atoms with van der Waals surface area (Å²) in [5, 5.41) is 5.96. The summed E-state index contributed by atoms with van der Waals surface area (Å²) in [6, 6.07) is 17.5. The lowest BCUT2D eigenvalue weighted by molar-refractivity contribution is 0.0600. The van der Waals surface area contributed by atoms with Crippen molar-refractivity contribution in [2.45, 2.75) is 0 Å². The molecule has 126 valence electrons. The number of rotatable bonds is 5. The highest BCUT2D eigenvalue weighted by Gasteiger charge is 2.08. The Hall–Kier alpha value is -3.54. The van der Waals surface area contributed by atoms with E-state index in [4.69, 9.17) is 4.42 Å². The third-order valence-electron chi connectivity index (χ3n) is 3.48. The molecule has 0 aliphatic rings. The standard InChI is InChI=1S/C19H16N2O4/c1-24-19(23)13-4-6-14(7-5-13)20-15-8-10-16(11-9-15)21-18(22)17-3-2-12-25-17/h2-12,20H,1H3,(H,21,22). The number of anilines is 3. The first-order valence-corrected chi connectivity index (χ1v) is 7.56. The number of carbonyl (C=O) groups is 2. The third kappa shape index (κ3) is 4.06. The first-order valence-electron chi connectivity index (χ1n) is 7.56. The number of hydrogen-bond donors (Lipinski definition) is 2. The average molecular weight is 336 g/mol. The monoisotopic (exact) mass is 336 g/mol. The molecule has 6 heteroatoms. The molecule has 3 aromatic rings. The highest BCUT2D eigenvalue weighted by molar-refractivity contribution is 6.02. The Morgan fingerprint density at radius 2 is 1.48 bits per heavy atom. The van der Waals surface area contributed by atoms with Crippen molar-refractivity contribution < 1.29 is 18.7 Å². The SMILES string of the molecule is COC(=O)c1ccc(Nc2ccc(NC(=O)c3ccco3)cc2)cc1. The highest BCUT2D eigenvalue weighted by Crippen LogP contribution is 2.20. The van der Waals surface area contributed by atoms with Crippen molar-refractivity contribution in [3.05, 3.63) is 78.3 Å². The number of nitrogens with one attached hydrogen (secondary N) is 2. The maximum atomic E-state index is 11.9. The maximum Gasteiger partial charge on any atom is 0.337 e. The van der Waals surface area contributed by atoms with Gasteiger partial charge < -0.3 is 19.8 Å². The summed E-state index contributed by atoms with van der Waals surface area (Å²) in [6.07, 6.45) is 1.45. The largest absolute Gasteiger partial charge is 0.465 e. The molecule has 0 saturated heterocycles. The van der Waals surface area contributed by atoms with Crippen LogP contribution in [0.5, 0.6) is 0 Å². The number of carbonyl (C=O) groups excluding carboxylic acids is 2. The molecule has 1 heterocycles. The van der Waals surface area contributed by atoms with Gasteiger partial charge in [0.05, 0.1) is 18.9 Å². The lowest BCUT2D eigenvalue weighted by atomic mass is 10.2. The van der Waals surface area contributed by atoms with E-state index in [9.17, 15) is 9.59 Å². The zero-order valence-electron chi connectivity index (χ0n) is 13.5. The smallest absolute Gasteiger partial charge is 0.337 e. The molecule has 0 unspecified atom stereocenters.